The van der Waals surface area contributed by atoms with Crippen LogP contribution in [0.25, 0.3) is 0 Å². The van der Waals surface area contributed by atoms with Crippen molar-refractivity contribution in [3.63, 3.8) is 0 Å². The Morgan fingerprint density at radius 2 is 1.33 bits per heavy atom. The lowest BCUT2D eigenvalue weighted by atomic mass is 9.86. The summed E-state index contributed by atoms with van der Waals surface area (Å²) in [6.07, 6.45) is -7.53. The molecule has 0 radical (unpaired) electrons. The standard InChI is InChI=1S/C12H19N.C10H9F6N/c1-9(2)11-8-10(6-7-13-11)12(3,4)5;1-5(2)8-6(9(11,12)13)3-4-7(17-8)10(14,15)16/h6-9H,1-5H3;3-5H,1-2H3. The molecule has 0 fully saturated rings. The summed E-state index contributed by atoms with van der Waals surface area (Å²) in [6, 6.07) is 5.08. The van der Waals surface area contributed by atoms with Crippen LogP contribution < -0.4 is 0 Å². The number of halogens is 6. The number of rotatable bonds is 2. The van der Waals surface area contributed by atoms with E-state index in [0.29, 0.717) is 18.1 Å². The van der Waals surface area contributed by atoms with Gasteiger partial charge in [0, 0.05) is 11.9 Å². The van der Waals surface area contributed by atoms with Crippen molar-refractivity contribution in [1.29, 1.82) is 0 Å². The number of hydrogen-bond acceptors (Lipinski definition) is 2. The molecule has 0 saturated carbocycles. The van der Waals surface area contributed by atoms with Crippen LogP contribution in [-0.2, 0) is 17.8 Å². The first-order valence-corrected chi connectivity index (χ1v) is 9.56. The van der Waals surface area contributed by atoms with E-state index < -0.39 is 35.2 Å². The van der Waals surface area contributed by atoms with Crippen molar-refractivity contribution in [3.05, 3.63) is 58.7 Å². The van der Waals surface area contributed by atoms with Gasteiger partial charge in [-0.25, -0.2) is 4.98 Å². The molecule has 8 heteroatoms. The molecular weight excluding hydrogens is 406 g/mol. The molecule has 0 aromatic carbocycles. The van der Waals surface area contributed by atoms with Crippen LogP contribution in [0.1, 0.15) is 88.5 Å². The Morgan fingerprint density at radius 1 is 0.767 bits per heavy atom. The molecule has 0 amide bonds. The minimum Gasteiger partial charge on any atom is -0.261 e. The predicted octanol–water partition coefficient (Wildman–Crippen LogP) is 7.75. The van der Waals surface area contributed by atoms with Gasteiger partial charge in [-0.15, -0.1) is 0 Å². The third-order valence-electron chi connectivity index (χ3n) is 4.31. The second-order valence-corrected chi connectivity index (χ2v) is 8.65. The third-order valence-corrected chi connectivity index (χ3v) is 4.31. The van der Waals surface area contributed by atoms with Crippen LogP contribution in [0.3, 0.4) is 0 Å². The molecule has 0 aliphatic rings. The lowest BCUT2D eigenvalue weighted by molar-refractivity contribution is -0.145. The van der Waals surface area contributed by atoms with Gasteiger partial charge in [-0.2, -0.15) is 26.3 Å². The van der Waals surface area contributed by atoms with E-state index in [-0.39, 0.29) is 5.41 Å². The van der Waals surface area contributed by atoms with E-state index in [2.05, 4.69) is 56.7 Å². The highest BCUT2D eigenvalue weighted by Crippen LogP contribution is 2.37. The summed E-state index contributed by atoms with van der Waals surface area (Å²) >= 11 is 0. The maximum atomic E-state index is 12.5. The van der Waals surface area contributed by atoms with E-state index in [1.807, 2.05) is 6.20 Å². The Morgan fingerprint density at radius 3 is 1.73 bits per heavy atom. The molecule has 2 aromatic heterocycles. The van der Waals surface area contributed by atoms with Gasteiger partial charge in [0.2, 0.25) is 0 Å². The Bertz CT molecular complexity index is 831. The fourth-order valence-electron chi connectivity index (χ4n) is 2.54. The average Bonchev–Trinajstić information content (AvgIpc) is 2.59. The van der Waals surface area contributed by atoms with E-state index in [1.54, 1.807) is 0 Å². The zero-order valence-corrected chi connectivity index (χ0v) is 18.2. The molecule has 2 heterocycles. The van der Waals surface area contributed by atoms with Gasteiger partial charge in [0.15, 0.2) is 0 Å². The summed E-state index contributed by atoms with van der Waals surface area (Å²) in [4.78, 5) is 7.42. The first-order valence-electron chi connectivity index (χ1n) is 9.56. The summed E-state index contributed by atoms with van der Waals surface area (Å²) in [5.41, 5.74) is -0.243. The topological polar surface area (TPSA) is 25.8 Å². The van der Waals surface area contributed by atoms with Crippen LogP contribution in [0.5, 0.6) is 0 Å². The Hall–Kier alpha value is -2.12. The minimum atomic E-state index is -4.74. The molecule has 0 aliphatic heterocycles. The average molecular weight is 434 g/mol. The van der Waals surface area contributed by atoms with E-state index in [4.69, 9.17) is 0 Å². The van der Waals surface area contributed by atoms with Gasteiger partial charge in [-0.3, -0.25) is 4.98 Å². The van der Waals surface area contributed by atoms with Crippen LogP contribution in [0.15, 0.2) is 30.5 Å². The summed E-state index contributed by atoms with van der Waals surface area (Å²) in [5.74, 6) is -0.226. The quantitative estimate of drug-likeness (QED) is 0.452. The zero-order valence-electron chi connectivity index (χ0n) is 18.2. The van der Waals surface area contributed by atoms with Crippen molar-refractivity contribution < 1.29 is 26.3 Å². The van der Waals surface area contributed by atoms with Gasteiger partial charge in [0.05, 0.1) is 11.3 Å². The molecule has 2 nitrogen and oxygen atoms in total. The van der Waals surface area contributed by atoms with Gasteiger partial charge in [0.25, 0.3) is 0 Å². The van der Waals surface area contributed by atoms with Crippen LogP contribution in [0.2, 0.25) is 0 Å². The van der Waals surface area contributed by atoms with Crippen molar-refractivity contribution in [1.82, 2.24) is 9.97 Å². The monoisotopic (exact) mass is 434 g/mol. The first kappa shape index (κ1) is 25.9. The highest BCUT2D eigenvalue weighted by Gasteiger charge is 2.38. The molecule has 0 aliphatic carbocycles. The Kier molecular flexibility index (Phi) is 8.08. The second kappa shape index (κ2) is 9.35. The maximum Gasteiger partial charge on any atom is 0.433 e. The van der Waals surface area contributed by atoms with Crippen LogP contribution in [-0.4, -0.2) is 9.97 Å². The van der Waals surface area contributed by atoms with E-state index in [9.17, 15) is 26.3 Å². The smallest absolute Gasteiger partial charge is 0.261 e. The van der Waals surface area contributed by atoms with E-state index >= 15 is 0 Å². The van der Waals surface area contributed by atoms with Crippen molar-refractivity contribution in [2.24, 2.45) is 0 Å². The van der Waals surface area contributed by atoms with E-state index in [1.165, 1.54) is 25.1 Å². The minimum absolute atomic E-state index is 0.229. The highest BCUT2D eigenvalue weighted by molar-refractivity contribution is 5.29. The molecular formula is C22H28F6N2. The molecule has 2 rings (SSSR count). The van der Waals surface area contributed by atoms with Gasteiger partial charge in [-0.1, -0.05) is 48.5 Å². The molecule has 0 bridgehead atoms. The number of alkyl halides is 6. The number of hydrogen-bond donors (Lipinski definition) is 0. The molecule has 0 atom stereocenters. The zero-order chi connectivity index (χ0) is 23.5. The lowest BCUT2D eigenvalue weighted by Crippen LogP contribution is -2.16. The fraction of sp³-hybridized carbons (Fsp3) is 0.545. The normalized spacial score (nSPS) is 12.8. The van der Waals surface area contributed by atoms with Crippen molar-refractivity contribution in [2.75, 3.05) is 0 Å². The van der Waals surface area contributed by atoms with Gasteiger partial charge in [0.1, 0.15) is 5.69 Å². The Balaban J connectivity index is 0.000000311. The highest BCUT2D eigenvalue weighted by atomic mass is 19.4. The molecule has 0 unspecified atom stereocenters. The predicted molar refractivity (Wildman–Crippen MR) is 105 cm³/mol. The molecule has 168 valence electrons. The van der Waals surface area contributed by atoms with Gasteiger partial charge >= 0.3 is 12.4 Å². The summed E-state index contributed by atoms with van der Waals surface area (Å²) < 4.78 is 74.5. The lowest BCUT2D eigenvalue weighted by Gasteiger charge is -2.19. The van der Waals surface area contributed by atoms with Crippen LogP contribution in [0, 0.1) is 0 Å². The number of aromatic nitrogens is 2. The van der Waals surface area contributed by atoms with Crippen LogP contribution >= 0.6 is 0 Å². The van der Waals surface area contributed by atoms with Gasteiger partial charge in [-0.05, 0) is 47.1 Å². The first-order chi connectivity index (χ1) is 13.4. The van der Waals surface area contributed by atoms with Crippen molar-refractivity contribution in [2.45, 2.75) is 78.1 Å². The summed E-state index contributed by atoms with van der Waals surface area (Å²) in [7, 11) is 0. The molecule has 30 heavy (non-hydrogen) atoms. The number of pyridine rings is 2. The largest absolute Gasteiger partial charge is 0.433 e. The summed E-state index contributed by atoms with van der Waals surface area (Å²) in [5, 5.41) is 0. The third kappa shape index (κ3) is 7.29. The Labute approximate surface area is 173 Å². The molecule has 0 saturated heterocycles. The second-order valence-electron chi connectivity index (χ2n) is 8.65. The SMILES string of the molecule is CC(C)c1cc(C(C)(C)C)ccn1.CC(C)c1nc(C(F)(F)F)ccc1C(F)(F)F. The maximum absolute atomic E-state index is 12.5. The fourth-order valence-corrected chi connectivity index (χ4v) is 2.54. The van der Waals surface area contributed by atoms with Gasteiger partial charge < -0.3 is 0 Å². The van der Waals surface area contributed by atoms with E-state index in [0.717, 1.165) is 0 Å². The summed E-state index contributed by atoms with van der Waals surface area (Å²) in [6.45, 7) is 13.8. The van der Waals surface area contributed by atoms with Crippen molar-refractivity contribution in [3.8, 4) is 0 Å². The molecule has 2 aromatic rings. The molecule has 0 N–H and O–H groups in total. The van der Waals surface area contributed by atoms with Crippen molar-refractivity contribution >= 4 is 0 Å². The molecule has 0 spiro atoms. The number of nitrogens with zero attached hydrogens (tertiary/aromatic N) is 2. The van der Waals surface area contributed by atoms with Crippen LogP contribution in [0.4, 0.5) is 26.3 Å².